The number of allylic oxidation sites excluding steroid dienone is 1. The van der Waals surface area contributed by atoms with Crippen molar-refractivity contribution in [3.05, 3.63) is 11.6 Å². The Hall–Kier alpha value is -2.75. The average Bonchev–Trinajstić information content (AvgIpc) is 3.72. The number of hydrogen-bond acceptors (Lipinski definition) is 10. The molecule has 0 amide bonds. The van der Waals surface area contributed by atoms with E-state index in [1.807, 2.05) is 19.9 Å². The zero-order chi connectivity index (χ0) is 53.4. The van der Waals surface area contributed by atoms with Gasteiger partial charge < -0.3 is 23.7 Å². The number of unbranched alkanes of at least 4 members (excludes halogenated alkanes) is 24. The largest absolute Gasteiger partial charge is 0.462 e. The Bertz CT molecular complexity index is 1590. The molecular weight excluding hydrogens is 929 g/mol. The summed E-state index contributed by atoms with van der Waals surface area (Å²) in [4.78, 5) is 64.3. The van der Waals surface area contributed by atoms with Crippen LogP contribution in [0.1, 0.15) is 292 Å². The Labute approximate surface area is 451 Å². The van der Waals surface area contributed by atoms with Crippen molar-refractivity contribution < 1.29 is 47.7 Å². The monoisotopic (exact) mass is 1040 g/mol. The molecule has 4 aliphatic rings. The Morgan fingerprint density at radius 3 is 1.58 bits per heavy atom. The summed E-state index contributed by atoms with van der Waals surface area (Å²) in [5, 5.41) is 0. The molecule has 0 radical (unpaired) electrons. The minimum atomic E-state index is -0.887. The van der Waals surface area contributed by atoms with Crippen LogP contribution in [0.5, 0.6) is 0 Å². The van der Waals surface area contributed by atoms with E-state index in [1.54, 1.807) is 0 Å². The van der Waals surface area contributed by atoms with Gasteiger partial charge in [0.1, 0.15) is 13.2 Å². The van der Waals surface area contributed by atoms with Crippen LogP contribution in [0.25, 0.3) is 0 Å². The molecule has 4 rings (SSSR count). The molecule has 0 aromatic heterocycles. The van der Waals surface area contributed by atoms with Gasteiger partial charge in [-0.05, 0) is 111 Å². The molecule has 0 heterocycles. The van der Waals surface area contributed by atoms with Gasteiger partial charge in [0, 0.05) is 25.7 Å². The minimum Gasteiger partial charge on any atom is -0.462 e. The molecule has 0 bridgehead atoms. The van der Waals surface area contributed by atoms with Crippen molar-refractivity contribution in [2.75, 3.05) is 20.0 Å². The fraction of sp³-hybridized carbons (Fsp3) is 0.891. The molecule has 3 saturated carbocycles. The van der Waals surface area contributed by atoms with E-state index in [1.165, 1.54) is 134 Å². The summed E-state index contributed by atoms with van der Waals surface area (Å²) in [5.74, 6) is 0.326. The highest BCUT2D eigenvalue weighted by molar-refractivity contribution is 5.91. The van der Waals surface area contributed by atoms with Crippen LogP contribution >= 0.6 is 0 Å². The van der Waals surface area contributed by atoms with E-state index in [0.29, 0.717) is 55.6 Å². The van der Waals surface area contributed by atoms with Crippen LogP contribution in [0.15, 0.2) is 11.6 Å². The average molecular weight is 1040 g/mol. The number of ether oxygens (including phenoxy) is 5. The van der Waals surface area contributed by atoms with Crippen molar-refractivity contribution in [1.29, 1.82) is 0 Å². The smallest absolute Gasteiger partial charge is 0.310 e. The van der Waals surface area contributed by atoms with Gasteiger partial charge in [0.25, 0.3) is 0 Å². The second-order valence-electron chi connectivity index (χ2n) is 24.6. The number of esters is 4. The van der Waals surface area contributed by atoms with Gasteiger partial charge in [-0.25, -0.2) is 0 Å². The third kappa shape index (κ3) is 23.1. The van der Waals surface area contributed by atoms with Gasteiger partial charge in [0.15, 0.2) is 18.7 Å². The summed E-state index contributed by atoms with van der Waals surface area (Å²) in [6, 6.07) is 0. The molecule has 0 aliphatic heterocycles. The maximum atomic E-state index is 13.3. The van der Waals surface area contributed by atoms with E-state index >= 15 is 0 Å². The van der Waals surface area contributed by atoms with E-state index in [0.717, 1.165) is 83.5 Å². The molecule has 10 heteroatoms. The molecule has 0 aromatic carbocycles. The summed E-state index contributed by atoms with van der Waals surface area (Å²) < 4.78 is 29.1. The molecule has 426 valence electrons. The number of rotatable bonds is 42. The predicted octanol–water partition coefficient (Wildman–Crippen LogP) is 16.8. The molecule has 0 N–H and O–H groups in total. The molecule has 2 unspecified atom stereocenters. The minimum absolute atomic E-state index is 0.0474. The summed E-state index contributed by atoms with van der Waals surface area (Å²) >= 11 is 0. The van der Waals surface area contributed by atoms with E-state index in [-0.39, 0.29) is 73.1 Å². The van der Waals surface area contributed by atoms with Crippen LogP contribution in [0.3, 0.4) is 0 Å². The molecule has 10 nitrogen and oxygen atoms in total. The summed E-state index contributed by atoms with van der Waals surface area (Å²) in [6.45, 7) is 12.8. The van der Waals surface area contributed by atoms with Crippen molar-refractivity contribution in [3.8, 4) is 0 Å². The van der Waals surface area contributed by atoms with Gasteiger partial charge in [0.2, 0.25) is 0 Å². The van der Waals surface area contributed by atoms with Crippen LogP contribution in [0, 0.1) is 40.4 Å². The fourth-order valence-electron chi connectivity index (χ4n) is 13.6. The van der Waals surface area contributed by atoms with Gasteiger partial charge >= 0.3 is 23.9 Å². The van der Waals surface area contributed by atoms with Crippen LogP contribution in [-0.4, -0.2) is 61.9 Å². The molecule has 0 spiro atoms. The first-order chi connectivity index (χ1) is 35.8. The topological polar surface area (TPSA) is 132 Å². The molecule has 0 aromatic rings. The lowest BCUT2D eigenvalue weighted by molar-refractivity contribution is -0.176. The lowest BCUT2D eigenvalue weighted by Gasteiger charge is -2.58. The Balaban J connectivity index is 1.12. The third-order valence-corrected chi connectivity index (χ3v) is 18.5. The molecule has 74 heavy (non-hydrogen) atoms. The lowest BCUT2D eigenvalue weighted by Crippen LogP contribution is -2.51. The lowest BCUT2D eigenvalue weighted by atomic mass is 9.47. The quantitative estimate of drug-likeness (QED) is 0.0252. The van der Waals surface area contributed by atoms with Gasteiger partial charge in [-0.3, -0.25) is 24.0 Å². The van der Waals surface area contributed by atoms with Gasteiger partial charge in [-0.15, -0.1) is 0 Å². The zero-order valence-corrected chi connectivity index (χ0v) is 48.4. The highest BCUT2D eigenvalue weighted by Crippen LogP contribution is 2.65. The molecule has 8 atom stereocenters. The summed E-state index contributed by atoms with van der Waals surface area (Å²) in [5.41, 5.74) is 1.60. The van der Waals surface area contributed by atoms with Crippen LogP contribution in [-0.2, 0) is 47.7 Å². The summed E-state index contributed by atoms with van der Waals surface area (Å²) in [7, 11) is 0. The zero-order valence-electron chi connectivity index (χ0n) is 48.4. The van der Waals surface area contributed by atoms with Crippen LogP contribution < -0.4 is 0 Å². The molecule has 3 fully saturated rings. The predicted molar refractivity (Wildman–Crippen MR) is 297 cm³/mol. The Morgan fingerprint density at radius 2 is 1.07 bits per heavy atom. The van der Waals surface area contributed by atoms with Crippen molar-refractivity contribution >= 4 is 29.7 Å². The van der Waals surface area contributed by atoms with Gasteiger partial charge in [-0.1, -0.05) is 201 Å². The van der Waals surface area contributed by atoms with E-state index < -0.39 is 12.1 Å². The normalized spacial score (nSPS) is 24.1. The van der Waals surface area contributed by atoms with E-state index in [9.17, 15) is 24.0 Å². The van der Waals surface area contributed by atoms with Crippen molar-refractivity contribution in [2.24, 2.45) is 40.4 Å². The Kier molecular flexibility index (Phi) is 31.3. The SMILES string of the molecule is CCCCCCCCCCCCCCCC(=O)OCC(COC(=O)CCCCCCCCCCCCCCC)OC(=O)CC(C)CCC(C)C(=O)OCO[C@H]1CC[C@H]2[C@@H]3CCC4=CC(=O)CC[C@]4(C)[C@H]3CC[C@]12C. The van der Waals surface area contributed by atoms with Gasteiger partial charge in [-0.2, -0.15) is 0 Å². The fourth-order valence-corrected chi connectivity index (χ4v) is 13.6. The second kappa shape index (κ2) is 36.4. The number of carbonyl (C=O) groups excluding carboxylic acids is 5. The number of fused-ring (bicyclic) bond motifs is 5. The third-order valence-electron chi connectivity index (χ3n) is 18.5. The molecule has 4 aliphatic carbocycles. The highest BCUT2D eigenvalue weighted by Gasteiger charge is 2.59. The van der Waals surface area contributed by atoms with Crippen LogP contribution in [0.2, 0.25) is 0 Å². The second-order valence-corrected chi connectivity index (χ2v) is 24.6. The first-order valence-electron chi connectivity index (χ1n) is 31.3. The number of carbonyl (C=O) groups is 5. The maximum absolute atomic E-state index is 13.3. The van der Waals surface area contributed by atoms with E-state index in [4.69, 9.17) is 23.7 Å². The number of hydrogen-bond donors (Lipinski definition) is 0. The summed E-state index contributed by atoms with van der Waals surface area (Å²) in [6.07, 6.45) is 43.2. The highest BCUT2D eigenvalue weighted by atomic mass is 16.7. The maximum Gasteiger partial charge on any atom is 0.310 e. The van der Waals surface area contributed by atoms with Crippen LogP contribution in [0.4, 0.5) is 0 Å². The van der Waals surface area contributed by atoms with Crippen molar-refractivity contribution in [3.63, 3.8) is 0 Å². The molecule has 0 saturated heterocycles. The first kappa shape index (κ1) is 63.8. The Morgan fingerprint density at radius 1 is 0.568 bits per heavy atom. The standard InChI is InChI=1S/C64H110O10/c1-7-9-11-13-15-17-19-21-23-25-27-29-31-33-59(66)70-47-54(48-71-60(67)34-32-30-28-26-24-22-20-18-16-14-12-10-8-2)74-61(68)45-50(3)35-36-51(4)62(69)73-49-72-58-40-39-56-55-38-37-52-46-53(65)41-43-63(52,5)57(55)42-44-64(56,58)6/h46,50-51,54-58H,7-45,47-49H2,1-6H3/t50?,51?,55-,56-,57-,58-,63-,64-/m0/s1. The van der Waals surface area contributed by atoms with E-state index in [2.05, 4.69) is 27.7 Å². The number of ketones is 1. The van der Waals surface area contributed by atoms with Crippen molar-refractivity contribution in [1.82, 2.24) is 0 Å². The van der Waals surface area contributed by atoms with Crippen molar-refractivity contribution in [2.45, 2.75) is 304 Å². The van der Waals surface area contributed by atoms with Gasteiger partial charge in [0.05, 0.1) is 12.0 Å². The molecular formula is C64H110O10. The first-order valence-corrected chi connectivity index (χ1v) is 31.3.